The van der Waals surface area contributed by atoms with Crippen molar-refractivity contribution in [2.24, 2.45) is 0 Å². The summed E-state index contributed by atoms with van der Waals surface area (Å²) in [6, 6.07) is 18.1. The number of benzene rings is 2. The number of likely N-dealkylation sites (tertiary alicyclic amines) is 1. The fourth-order valence-electron chi connectivity index (χ4n) is 3.44. The van der Waals surface area contributed by atoms with E-state index in [0.29, 0.717) is 13.2 Å². The zero-order valence-electron chi connectivity index (χ0n) is 16.0. The van der Waals surface area contributed by atoms with E-state index < -0.39 is 0 Å². The predicted molar refractivity (Wildman–Crippen MR) is 110 cm³/mol. The largest absolute Gasteiger partial charge is 0.494 e. The minimum absolute atomic E-state index is 0.0634. The quantitative estimate of drug-likeness (QED) is 0.699. The van der Waals surface area contributed by atoms with E-state index in [0.717, 1.165) is 37.4 Å². The number of nitrogens with one attached hydrogen (secondary N) is 1. The number of carbonyl (C=O) groups is 1. The van der Waals surface area contributed by atoms with Crippen molar-refractivity contribution in [3.05, 3.63) is 60.2 Å². The molecule has 4 nitrogen and oxygen atoms in total. The van der Waals surface area contributed by atoms with Gasteiger partial charge in [-0.25, -0.2) is 0 Å². The van der Waals surface area contributed by atoms with Gasteiger partial charge in [0.1, 0.15) is 5.75 Å². The molecule has 0 spiro atoms. The van der Waals surface area contributed by atoms with Gasteiger partial charge in [0.25, 0.3) is 0 Å². The lowest BCUT2D eigenvalue weighted by Crippen LogP contribution is -2.33. The van der Waals surface area contributed by atoms with Crippen LogP contribution in [0.1, 0.15) is 37.7 Å². The monoisotopic (exact) mass is 366 g/mol. The van der Waals surface area contributed by atoms with Crippen molar-refractivity contribution in [3.63, 3.8) is 0 Å². The number of hydrogen-bond donors (Lipinski definition) is 1. The van der Waals surface area contributed by atoms with Crippen molar-refractivity contribution in [2.75, 3.05) is 31.6 Å². The average molecular weight is 367 g/mol. The molecule has 0 atom stereocenters. The van der Waals surface area contributed by atoms with E-state index >= 15 is 0 Å². The van der Waals surface area contributed by atoms with Gasteiger partial charge in [-0.3, -0.25) is 9.69 Å². The van der Waals surface area contributed by atoms with Gasteiger partial charge in [0.2, 0.25) is 5.91 Å². The molecule has 1 aliphatic rings. The third-order valence-corrected chi connectivity index (χ3v) is 4.93. The normalized spacial score (nSPS) is 15.1. The highest BCUT2D eigenvalue weighted by atomic mass is 16.5. The average Bonchev–Trinajstić information content (AvgIpc) is 2.96. The lowest BCUT2D eigenvalue weighted by molar-refractivity contribution is -0.117. The Morgan fingerprint density at radius 3 is 2.33 bits per heavy atom. The van der Waals surface area contributed by atoms with Gasteiger partial charge in [0.15, 0.2) is 0 Å². The van der Waals surface area contributed by atoms with Crippen LogP contribution in [-0.2, 0) is 11.2 Å². The first-order valence-electron chi connectivity index (χ1n) is 10.1. The van der Waals surface area contributed by atoms with Crippen LogP contribution in [0.2, 0.25) is 0 Å². The van der Waals surface area contributed by atoms with Crippen molar-refractivity contribution >= 4 is 11.6 Å². The van der Waals surface area contributed by atoms with E-state index in [9.17, 15) is 4.79 Å². The molecule has 27 heavy (non-hydrogen) atoms. The smallest absolute Gasteiger partial charge is 0.238 e. The minimum Gasteiger partial charge on any atom is -0.494 e. The number of ether oxygens (including phenoxy) is 1. The van der Waals surface area contributed by atoms with Gasteiger partial charge in [0, 0.05) is 5.69 Å². The van der Waals surface area contributed by atoms with Crippen LogP contribution in [0.5, 0.6) is 5.75 Å². The standard InChI is InChI=1S/C23H30N2O2/c26-23(19-25-16-6-1-2-7-17-25)24-21-12-14-22(15-13-21)27-18-8-11-20-9-4-3-5-10-20/h3-5,9-10,12-15H,1-2,6-8,11,16-19H2,(H,24,26). The highest BCUT2D eigenvalue weighted by molar-refractivity contribution is 5.92. The molecule has 1 heterocycles. The van der Waals surface area contributed by atoms with Gasteiger partial charge < -0.3 is 10.1 Å². The molecule has 0 aromatic heterocycles. The minimum atomic E-state index is 0.0634. The van der Waals surface area contributed by atoms with E-state index in [1.165, 1.54) is 31.2 Å². The summed E-state index contributed by atoms with van der Waals surface area (Å²) in [6.07, 6.45) is 6.97. The van der Waals surface area contributed by atoms with Crippen molar-refractivity contribution in [1.82, 2.24) is 4.90 Å². The summed E-state index contributed by atoms with van der Waals surface area (Å²) in [6.45, 7) is 3.24. The predicted octanol–water partition coefficient (Wildman–Crippen LogP) is 4.51. The second kappa shape index (κ2) is 10.7. The molecule has 4 heteroatoms. The summed E-state index contributed by atoms with van der Waals surface area (Å²) >= 11 is 0. The molecule has 1 fully saturated rings. The molecule has 1 N–H and O–H groups in total. The SMILES string of the molecule is O=C(CN1CCCCCC1)Nc1ccc(OCCCc2ccccc2)cc1. The summed E-state index contributed by atoms with van der Waals surface area (Å²) < 4.78 is 5.80. The highest BCUT2D eigenvalue weighted by Gasteiger charge is 2.13. The van der Waals surface area contributed by atoms with Crippen molar-refractivity contribution in [1.29, 1.82) is 0 Å². The van der Waals surface area contributed by atoms with Crippen LogP contribution >= 0.6 is 0 Å². The number of hydrogen-bond acceptors (Lipinski definition) is 3. The maximum atomic E-state index is 12.2. The van der Waals surface area contributed by atoms with E-state index in [-0.39, 0.29) is 5.91 Å². The summed E-state index contributed by atoms with van der Waals surface area (Å²) in [5.41, 5.74) is 2.16. The zero-order chi connectivity index (χ0) is 18.7. The molecule has 0 saturated carbocycles. The summed E-state index contributed by atoms with van der Waals surface area (Å²) in [5, 5.41) is 2.99. The van der Waals surface area contributed by atoms with Gasteiger partial charge >= 0.3 is 0 Å². The molecule has 0 aliphatic carbocycles. The van der Waals surface area contributed by atoms with Gasteiger partial charge in [0.05, 0.1) is 13.2 Å². The summed E-state index contributed by atoms with van der Waals surface area (Å²) in [7, 11) is 0. The van der Waals surface area contributed by atoms with Gasteiger partial charge in [-0.2, -0.15) is 0 Å². The molecule has 1 saturated heterocycles. The first-order chi connectivity index (χ1) is 13.3. The Labute approximate surface area is 162 Å². The van der Waals surface area contributed by atoms with E-state index in [1.807, 2.05) is 30.3 Å². The Morgan fingerprint density at radius 2 is 1.63 bits per heavy atom. The molecule has 2 aromatic rings. The van der Waals surface area contributed by atoms with Crippen LogP contribution < -0.4 is 10.1 Å². The molecule has 0 unspecified atom stereocenters. The molecular formula is C23H30N2O2. The van der Waals surface area contributed by atoms with Crippen molar-refractivity contribution < 1.29 is 9.53 Å². The van der Waals surface area contributed by atoms with Gasteiger partial charge in [-0.15, -0.1) is 0 Å². The number of anilines is 1. The molecule has 2 aromatic carbocycles. The Balaban J connectivity index is 1.37. The first-order valence-corrected chi connectivity index (χ1v) is 10.1. The van der Waals surface area contributed by atoms with Crippen LogP contribution in [0.3, 0.4) is 0 Å². The second-order valence-corrected chi connectivity index (χ2v) is 7.20. The van der Waals surface area contributed by atoms with Crippen LogP contribution in [0.4, 0.5) is 5.69 Å². The Morgan fingerprint density at radius 1 is 0.926 bits per heavy atom. The molecular weight excluding hydrogens is 336 g/mol. The second-order valence-electron chi connectivity index (χ2n) is 7.20. The molecule has 3 rings (SSSR count). The lowest BCUT2D eigenvalue weighted by Gasteiger charge is -2.19. The van der Waals surface area contributed by atoms with E-state index in [4.69, 9.17) is 4.74 Å². The molecule has 1 amide bonds. The van der Waals surface area contributed by atoms with Crippen LogP contribution in [-0.4, -0.2) is 37.0 Å². The number of nitrogens with zero attached hydrogens (tertiary/aromatic N) is 1. The number of amides is 1. The van der Waals surface area contributed by atoms with Crippen LogP contribution in [0, 0.1) is 0 Å². The number of carbonyl (C=O) groups excluding carboxylic acids is 1. The fourth-order valence-corrected chi connectivity index (χ4v) is 3.44. The number of aryl methyl sites for hydroxylation is 1. The summed E-state index contributed by atoms with van der Waals surface area (Å²) in [5.74, 6) is 0.905. The Hall–Kier alpha value is -2.33. The maximum Gasteiger partial charge on any atom is 0.238 e. The topological polar surface area (TPSA) is 41.6 Å². The van der Waals surface area contributed by atoms with E-state index in [1.54, 1.807) is 0 Å². The van der Waals surface area contributed by atoms with Crippen LogP contribution in [0.25, 0.3) is 0 Å². The van der Waals surface area contributed by atoms with Crippen LogP contribution in [0.15, 0.2) is 54.6 Å². The molecule has 0 bridgehead atoms. The molecule has 1 aliphatic heterocycles. The first kappa shape index (κ1) is 19.4. The Kier molecular flexibility index (Phi) is 7.72. The summed E-state index contributed by atoms with van der Waals surface area (Å²) in [4.78, 5) is 14.5. The zero-order valence-corrected chi connectivity index (χ0v) is 16.0. The highest BCUT2D eigenvalue weighted by Crippen LogP contribution is 2.16. The maximum absolute atomic E-state index is 12.2. The third kappa shape index (κ3) is 7.06. The van der Waals surface area contributed by atoms with E-state index in [2.05, 4.69) is 34.5 Å². The lowest BCUT2D eigenvalue weighted by atomic mass is 10.1. The number of rotatable bonds is 8. The van der Waals surface area contributed by atoms with Crippen molar-refractivity contribution in [2.45, 2.75) is 38.5 Å². The fraction of sp³-hybridized carbons (Fsp3) is 0.435. The van der Waals surface area contributed by atoms with Gasteiger partial charge in [-0.1, -0.05) is 43.2 Å². The molecule has 144 valence electrons. The van der Waals surface area contributed by atoms with Gasteiger partial charge in [-0.05, 0) is 68.6 Å². The molecule has 0 radical (unpaired) electrons. The third-order valence-electron chi connectivity index (χ3n) is 4.93. The Bertz CT molecular complexity index is 677. The van der Waals surface area contributed by atoms with Crippen molar-refractivity contribution in [3.8, 4) is 5.75 Å².